The van der Waals surface area contributed by atoms with Crippen molar-refractivity contribution < 1.29 is 9.84 Å². The number of anilines is 1. The molecule has 3 N–H and O–H groups in total. The van der Waals surface area contributed by atoms with E-state index in [1.807, 2.05) is 18.2 Å². The molecule has 3 atom stereocenters. The molecule has 3 unspecified atom stereocenters. The van der Waals surface area contributed by atoms with Gasteiger partial charge in [0.25, 0.3) is 0 Å². The minimum absolute atomic E-state index is 0.251. The standard InChI is InChI=1S/C16H24N2O2/c1-2-13-10-18-14-8-11(5-6-15(14)20-13)16(19)12-4-3-7-17-9-12/h5-6,8,12-13,16-19H,2-4,7,9-10H2,1H3. The van der Waals surface area contributed by atoms with Crippen molar-refractivity contribution in [2.75, 3.05) is 25.0 Å². The first-order chi connectivity index (χ1) is 9.78. The van der Waals surface area contributed by atoms with Crippen molar-refractivity contribution in [3.8, 4) is 5.75 Å². The van der Waals surface area contributed by atoms with E-state index in [9.17, 15) is 5.11 Å². The third-order valence-electron chi connectivity index (χ3n) is 4.40. The molecule has 1 aromatic carbocycles. The van der Waals surface area contributed by atoms with Crippen LogP contribution in [0.15, 0.2) is 18.2 Å². The molecule has 0 aliphatic carbocycles. The monoisotopic (exact) mass is 276 g/mol. The second kappa shape index (κ2) is 6.02. The van der Waals surface area contributed by atoms with Gasteiger partial charge in [0.1, 0.15) is 11.9 Å². The summed E-state index contributed by atoms with van der Waals surface area (Å²) in [5.74, 6) is 1.22. The van der Waals surface area contributed by atoms with Crippen molar-refractivity contribution in [2.45, 2.75) is 38.4 Å². The van der Waals surface area contributed by atoms with Crippen LogP contribution in [-0.4, -0.2) is 30.8 Å². The van der Waals surface area contributed by atoms with Gasteiger partial charge in [-0.05, 0) is 43.5 Å². The molecule has 110 valence electrons. The fraction of sp³-hybridized carbons (Fsp3) is 0.625. The van der Waals surface area contributed by atoms with E-state index in [2.05, 4.69) is 17.6 Å². The van der Waals surface area contributed by atoms with Crippen LogP contribution in [0.1, 0.15) is 37.9 Å². The molecule has 0 saturated carbocycles. The molecule has 2 aliphatic heterocycles. The molecule has 1 fully saturated rings. The van der Waals surface area contributed by atoms with E-state index in [0.717, 1.165) is 55.9 Å². The Bertz CT molecular complexity index is 458. The van der Waals surface area contributed by atoms with Crippen LogP contribution in [0, 0.1) is 5.92 Å². The number of aliphatic hydroxyl groups excluding tert-OH is 1. The quantitative estimate of drug-likeness (QED) is 0.793. The molecule has 4 heteroatoms. The summed E-state index contributed by atoms with van der Waals surface area (Å²) in [6.07, 6.45) is 3.10. The topological polar surface area (TPSA) is 53.5 Å². The van der Waals surface area contributed by atoms with Crippen molar-refractivity contribution in [2.24, 2.45) is 5.92 Å². The highest BCUT2D eigenvalue weighted by molar-refractivity contribution is 5.60. The Morgan fingerprint density at radius 2 is 2.30 bits per heavy atom. The molecule has 4 nitrogen and oxygen atoms in total. The molecule has 1 saturated heterocycles. The van der Waals surface area contributed by atoms with Crippen molar-refractivity contribution in [1.82, 2.24) is 5.32 Å². The van der Waals surface area contributed by atoms with Crippen LogP contribution in [-0.2, 0) is 0 Å². The highest BCUT2D eigenvalue weighted by atomic mass is 16.5. The summed E-state index contributed by atoms with van der Waals surface area (Å²) in [7, 11) is 0. The van der Waals surface area contributed by atoms with Crippen LogP contribution in [0.5, 0.6) is 5.75 Å². The minimum Gasteiger partial charge on any atom is -0.486 e. The van der Waals surface area contributed by atoms with Gasteiger partial charge in [0.15, 0.2) is 0 Å². The van der Waals surface area contributed by atoms with E-state index in [4.69, 9.17) is 4.74 Å². The van der Waals surface area contributed by atoms with Crippen molar-refractivity contribution in [1.29, 1.82) is 0 Å². The molecular formula is C16H24N2O2. The van der Waals surface area contributed by atoms with Gasteiger partial charge in [0.05, 0.1) is 18.3 Å². The van der Waals surface area contributed by atoms with Gasteiger partial charge in [-0.3, -0.25) is 0 Å². The Hall–Kier alpha value is -1.26. The largest absolute Gasteiger partial charge is 0.486 e. The highest BCUT2D eigenvalue weighted by Gasteiger charge is 2.25. The van der Waals surface area contributed by atoms with E-state index in [0.29, 0.717) is 5.92 Å². The number of rotatable bonds is 3. The number of nitrogens with one attached hydrogen (secondary N) is 2. The Morgan fingerprint density at radius 1 is 1.40 bits per heavy atom. The smallest absolute Gasteiger partial charge is 0.142 e. The van der Waals surface area contributed by atoms with Crippen LogP contribution in [0.25, 0.3) is 0 Å². The van der Waals surface area contributed by atoms with Gasteiger partial charge >= 0.3 is 0 Å². The van der Waals surface area contributed by atoms with Crippen LogP contribution in [0.3, 0.4) is 0 Å². The first-order valence-electron chi connectivity index (χ1n) is 7.71. The van der Waals surface area contributed by atoms with Crippen molar-refractivity contribution >= 4 is 5.69 Å². The van der Waals surface area contributed by atoms with E-state index in [-0.39, 0.29) is 6.10 Å². The lowest BCUT2D eigenvalue weighted by atomic mass is 9.89. The maximum atomic E-state index is 10.5. The van der Waals surface area contributed by atoms with Crippen LogP contribution >= 0.6 is 0 Å². The van der Waals surface area contributed by atoms with Gasteiger partial charge in [-0.15, -0.1) is 0 Å². The van der Waals surface area contributed by atoms with E-state index >= 15 is 0 Å². The van der Waals surface area contributed by atoms with E-state index in [1.165, 1.54) is 0 Å². The zero-order chi connectivity index (χ0) is 13.9. The molecule has 0 spiro atoms. The summed E-state index contributed by atoms with van der Waals surface area (Å²) in [6, 6.07) is 6.03. The zero-order valence-corrected chi connectivity index (χ0v) is 12.1. The normalized spacial score (nSPS) is 27.1. The lowest BCUT2D eigenvalue weighted by Gasteiger charge is -2.30. The van der Waals surface area contributed by atoms with Gasteiger partial charge in [0, 0.05) is 12.5 Å². The fourth-order valence-electron chi connectivity index (χ4n) is 3.07. The number of hydrogen-bond acceptors (Lipinski definition) is 4. The predicted octanol–water partition coefficient (Wildman–Crippen LogP) is 2.30. The maximum Gasteiger partial charge on any atom is 0.142 e. The molecule has 3 rings (SSSR count). The molecule has 0 amide bonds. The van der Waals surface area contributed by atoms with Gasteiger partial charge in [-0.2, -0.15) is 0 Å². The summed E-state index contributed by atoms with van der Waals surface area (Å²) in [4.78, 5) is 0. The first kappa shape index (κ1) is 13.7. The molecular weight excluding hydrogens is 252 g/mol. The third-order valence-corrected chi connectivity index (χ3v) is 4.40. The number of fused-ring (bicyclic) bond motifs is 1. The van der Waals surface area contributed by atoms with Gasteiger partial charge < -0.3 is 20.5 Å². The Balaban J connectivity index is 1.75. The third kappa shape index (κ3) is 2.76. The number of benzene rings is 1. The molecule has 2 aliphatic rings. The molecule has 0 radical (unpaired) electrons. The summed E-state index contributed by atoms with van der Waals surface area (Å²) in [5.41, 5.74) is 2.00. The minimum atomic E-state index is -0.390. The molecule has 1 aromatic rings. The molecule has 0 bridgehead atoms. The van der Waals surface area contributed by atoms with Crippen LogP contribution in [0.2, 0.25) is 0 Å². The average Bonchev–Trinajstić information content (AvgIpc) is 2.54. The van der Waals surface area contributed by atoms with Crippen molar-refractivity contribution in [3.63, 3.8) is 0 Å². The van der Waals surface area contributed by atoms with Gasteiger partial charge in [-0.25, -0.2) is 0 Å². The Morgan fingerprint density at radius 3 is 3.05 bits per heavy atom. The summed E-state index contributed by atoms with van der Waals surface area (Å²) in [6.45, 7) is 4.95. The van der Waals surface area contributed by atoms with Crippen LogP contribution in [0.4, 0.5) is 5.69 Å². The predicted molar refractivity (Wildman–Crippen MR) is 80.2 cm³/mol. The van der Waals surface area contributed by atoms with E-state index < -0.39 is 6.10 Å². The van der Waals surface area contributed by atoms with Gasteiger partial charge in [-0.1, -0.05) is 13.0 Å². The maximum absolute atomic E-state index is 10.5. The lowest BCUT2D eigenvalue weighted by molar-refractivity contribution is 0.0920. The number of hydrogen-bond donors (Lipinski definition) is 3. The van der Waals surface area contributed by atoms with Gasteiger partial charge in [0.2, 0.25) is 0 Å². The highest BCUT2D eigenvalue weighted by Crippen LogP contribution is 2.35. The van der Waals surface area contributed by atoms with Crippen LogP contribution < -0.4 is 15.4 Å². The number of ether oxygens (including phenoxy) is 1. The summed E-state index contributed by atoms with van der Waals surface area (Å²) < 4.78 is 5.90. The molecule has 0 aromatic heterocycles. The molecule has 20 heavy (non-hydrogen) atoms. The SMILES string of the molecule is CCC1CNc2cc(C(O)C3CCCNC3)ccc2O1. The second-order valence-electron chi connectivity index (χ2n) is 5.84. The Kier molecular flexibility index (Phi) is 4.13. The number of aliphatic hydroxyl groups is 1. The summed E-state index contributed by atoms with van der Waals surface area (Å²) >= 11 is 0. The van der Waals surface area contributed by atoms with Crippen molar-refractivity contribution in [3.05, 3.63) is 23.8 Å². The average molecular weight is 276 g/mol. The van der Waals surface area contributed by atoms with E-state index in [1.54, 1.807) is 0 Å². The summed E-state index contributed by atoms with van der Waals surface area (Å²) in [5, 5.41) is 17.3. The number of piperidine rings is 1. The molecule has 2 heterocycles. The fourth-order valence-corrected chi connectivity index (χ4v) is 3.07. The first-order valence-corrected chi connectivity index (χ1v) is 7.71. The lowest BCUT2D eigenvalue weighted by Crippen LogP contribution is -2.33. The Labute approximate surface area is 120 Å². The second-order valence-corrected chi connectivity index (χ2v) is 5.84. The zero-order valence-electron chi connectivity index (χ0n) is 12.1.